The van der Waals surface area contributed by atoms with Gasteiger partial charge in [-0.05, 0) is 30.7 Å². The van der Waals surface area contributed by atoms with E-state index in [2.05, 4.69) is 26.4 Å². The molecule has 9 nitrogen and oxygen atoms in total. The number of hydrogen-bond acceptors (Lipinski definition) is 7. The molecule has 2 atom stereocenters. The first-order chi connectivity index (χ1) is 14.5. The predicted molar refractivity (Wildman–Crippen MR) is 105 cm³/mol. The van der Waals surface area contributed by atoms with Gasteiger partial charge >= 0.3 is 0 Å². The predicted octanol–water partition coefficient (Wildman–Crippen LogP) is 2.44. The van der Waals surface area contributed by atoms with Gasteiger partial charge < -0.3 is 15.5 Å². The largest absolute Gasteiger partial charge is 0.448 e. The van der Waals surface area contributed by atoms with Gasteiger partial charge in [0.15, 0.2) is 5.82 Å². The summed E-state index contributed by atoms with van der Waals surface area (Å²) in [6.07, 6.45) is 5.34. The number of benzene rings is 1. The molecule has 1 unspecified atom stereocenters. The van der Waals surface area contributed by atoms with Crippen molar-refractivity contribution in [3.8, 4) is 6.07 Å². The number of halogens is 1. The Morgan fingerprint density at radius 3 is 2.87 bits per heavy atom. The molecule has 0 radical (unpaired) electrons. The van der Waals surface area contributed by atoms with Crippen molar-refractivity contribution in [1.82, 2.24) is 19.7 Å². The monoisotopic (exact) mass is 409 g/mol. The lowest BCUT2D eigenvalue weighted by atomic mass is 9.93. The number of carbonyl (C=O) groups excluding carboxylic acids is 1. The van der Waals surface area contributed by atoms with E-state index in [4.69, 9.17) is 10.2 Å². The Kier molecular flexibility index (Phi) is 5.45. The van der Waals surface area contributed by atoms with Crippen LogP contribution in [0.1, 0.15) is 28.7 Å². The SMILES string of the molecule is N#C[C@@H]1CN(Cc2ncco2)CCC1n1cc(C(N)=O)c(Nc2ccc(F)cc2)n1. The molecule has 2 aromatic heterocycles. The molecule has 10 heteroatoms. The number of nitrogens with one attached hydrogen (secondary N) is 1. The minimum absolute atomic E-state index is 0.207. The lowest BCUT2D eigenvalue weighted by Gasteiger charge is -2.34. The molecule has 1 aromatic carbocycles. The van der Waals surface area contributed by atoms with Crippen LogP contribution in [-0.2, 0) is 6.54 Å². The third-order valence-corrected chi connectivity index (χ3v) is 5.11. The Balaban J connectivity index is 1.53. The number of nitrogens with zero attached hydrogens (tertiary/aromatic N) is 5. The second-order valence-electron chi connectivity index (χ2n) is 7.12. The molecule has 4 rings (SSSR count). The summed E-state index contributed by atoms with van der Waals surface area (Å²) in [5.74, 6) is -0.470. The average molecular weight is 409 g/mol. The minimum atomic E-state index is -0.638. The Bertz CT molecular complexity index is 1060. The zero-order chi connectivity index (χ0) is 21.1. The van der Waals surface area contributed by atoms with Crippen molar-refractivity contribution in [2.24, 2.45) is 11.7 Å². The van der Waals surface area contributed by atoms with E-state index in [1.807, 2.05) is 0 Å². The van der Waals surface area contributed by atoms with Gasteiger partial charge in [0.05, 0.1) is 30.8 Å². The fraction of sp³-hybridized carbons (Fsp3) is 0.300. The topological polar surface area (TPSA) is 126 Å². The first kappa shape index (κ1) is 19.6. The fourth-order valence-electron chi connectivity index (χ4n) is 3.62. The molecule has 3 N–H and O–H groups in total. The van der Waals surface area contributed by atoms with Gasteiger partial charge in [0, 0.05) is 25.0 Å². The van der Waals surface area contributed by atoms with Crippen LogP contribution in [0.2, 0.25) is 0 Å². The van der Waals surface area contributed by atoms with E-state index in [0.29, 0.717) is 31.1 Å². The highest BCUT2D eigenvalue weighted by Gasteiger charge is 2.32. The van der Waals surface area contributed by atoms with Crippen LogP contribution in [0, 0.1) is 23.1 Å². The second-order valence-corrected chi connectivity index (χ2v) is 7.12. The number of carbonyl (C=O) groups is 1. The maximum Gasteiger partial charge on any atom is 0.254 e. The molecule has 1 saturated heterocycles. The molecule has 0 saturated carbocycles. The Labute approximate surface area is 171 Å². The summed E-state index contributed by atoms with van der Waals surface area (Å²) in [4.78, 5) is 18.2. The second kappa shape index (κ2) is 8.34. The molecular formula is C20H20FN7O2. The molecule has 3 aromatic rings. The summed E-state index contributed by atoms with van der Waals surface area (Å²) in [5.41, 5.74) is 6.30. The zero-order valence-electron chi connectivity index (χ0n) is 16.0. The zero-order valence-corrected chi connectivity index (χ0v) is 16.0. The number of likely N-dealkylation sites (tertiary alicyclic amines) is 1. The van der Waals surface area contributed by atoms with Crippen LogP contribution in [-0.4, -0.2) is 38.7 Å². The summed E-state index contributed by atoms with van der Waals surface area (Å²) in [5, 5.41) is 17.2. The Morgan fingerprint density at radius 1 is 1.40 bits per heavy atom. The van der Waals surface area contributed by atoms with Crippen LogP contribution >= 0.6 is 0 Å². The van der Waals surface area contributed by atoms with Crippen molar-refractivity contribution in [1.29, 1.82) is 5.26 Å². The van der Waals surface area contributed by atoms with Crippen LogP contribution in [0.5, 0.6) is 0 Å². The normalized spacial score (nSPS) is 19.3. The summed E-state index contributed by atoms with van der Waals surface area (Å²) in [6.45, 7) is 1.77. The summed E-state index contributed by atoms with van der Waals surface area (Å²) >= 11 is 0. The number of primary amides is 1. The van der Waals surface area contributed by atoms with Crippen LogP contribution < -0.4 is 11.1 Å². The van der Waals surface area contributed by atoms with E-state index in [9.17, 15) is 14.4 Å². The average Bonchev–Trinajstić information content (AvgIpc) is 3.39. The molecular weight excluding hydrogens is 389 g/mol. The van der Waals surface area contributed by atoms with E-state index in [1.165, 1.54) is 18.4 Å². The van der Waals surface area contributed by atoms with Crippen molar-refractivity contribution in [2.75, 3.05) is 18.4 Å². The number of amides is 1. The molecule has 0 spiro atoms. The van der Waals surface area contributed by atoms with Gasteiger partial charge in [-0.2, -0.15) is 10.4 Å². The summed E-state index contributed by atoms with van der Waals surface area (Å²) in [6, 6.07) is 7.82. The van der Waals surface area contributed by atoms with Crippen LogP contribution in [0.25, 0.3) is 0 Å². The molecule has 1 aliphatic rings. The number of nitriles is 1. The van der Waals surface area contributed by atoms with Crippen molar-refractivity contribution in [3.63, 3.8) is 0 Å². The number of anilines is 2. The highest BCUT2D eigenvalue weighted by molar-refractivity contribution is 5.98. The number of oxazole rings is 1. The highest BCUT2D eigenvalue weighted by atomic mass is 19.1. The first-order valence-corrected chi connectivity index (χ1v) is 9.45. The van der Waals surface area contributed by atoms with Gasteiger partial charge in [-0.3, -0.25) is 14.4 Å². The van der Waals surface area contributed by atoms with Gasteiger partial charge in [0.2, 0.25) is 5.89 Å². The maximum atomic E-state index is 13.1. The molecule has 1 amide bonds. The molecule has 0 bridgehead atoms. The van der Waals surface area contributed by atoms with Gasteiger partial charge in [-0.1, -0.05) is 0 Å². The van der Waals surface area contributed by atoms with Crippen molar-refractivity contribution in [3.05, 3.63) is 60.2 Å². The standard InChI is InChI=1S/C20H20FN7O2/c21-14-1-3-15(4-2-14)25-20-16(19(23)29)11-28(26-20)17-5-7-27(10-13(17)9-22)12-18-24-6-8-30-18/h1-4,6,8,11,13,17H,5,7,10,12H2,(H2,23,29)(H,25,26)/t13-,17?/m1/s1. The van der Waals surface area contributed by atoms with E-state index in [0.717, 1.165) is 6.54 Å². The van der Waals surface area contributed by atoms with Gasteiger partial charge in [-0.25, -0.2) is 9.37 Å². The third-order valence-electron chi connectivity index (χ3n) is 5.11. The van der Waals surface area contributed by atoms with E-state index in [1.54, 1.807) is 29.2 Å². The minimum Gasteiger partial charge on any atom is -0.448 e. The number of nitrogens with two attached hydrogens (primary N) is 1. The van der Waals surface area contributed by atoms with Crippen LogP contribution in [0.15, 0.2) is 47.3 Å². The fourth-order valence-corrected chi connectivity index (χ4v) is 3.62. The lowest BCUT2D eigenvalue weighted by Crippen LogP contribution is -2.40. The van der Waals surface area contributed by atoms with Gasteiger partial charge in [0.1, 0.15) is 17.6 Å². The third kappa shape index (κ3) is 4.16. The smallest absolute Gasteiger partial charge is 0.254 e. The number of hydrogen-bond donors (Lipinski definition) is 2. The maximum absolute atomic E-state index is 13.1. The number of aromatic nitrogens is 3. The van der Waals surface area contributed by atoms with Gasteiger partial charge in [-0.15, -0.1) is 0 Å². The number of piperidine rings is 1. The molecule has 154 valence electrons. The van der Waals surface area contributed by atoms with Gasteiger partial charge in [0.25, 0.3) is 5.91 Å². The van der Waals surface area contributed by atoms with E-state index in [-0.39, 0.29) is 29.2 Å². The van der Waals surface area contributed by atoms with Crippen LogP contribution in [0.4, 0.5) is 15.9 Å². The van der Waals surface area contributed by atoms with Crippen molar-refractivity contribution >= 4 is 17.4 Å². The Morgan fingerprint density at radius 2 is 2.20 bits per heavy atom. The molecule has 30 heavy (non-hydrogen) atoms. The summed E-state index contributed by atoms with van der Waals surface area (Å²) in [7, 11) is 0. The highest BCUT2D eigenvalue weighted by Crippen LogP contribution is 2.30. The lowest BCUT2D eigenvalue weighted by molar-refractivity contribution is 0.1000. The Hall–Kier alpha value is -3.71. The molecule has 3 heterocycles. The van der Waals surface area contributed by atoms with E-state index >= 15 is 0 Å². The first-order valence-electron chi connectivity index (χ1n) is 9.45. The van der Waals surface area contributed by atoms with E-state index < -0.39 is 5.91 Å². The molecule has 0 aliphatic carbocycles. The van der Waals surface area contributed by atoms with Crippen molar-refractivity contribution in [2.45, 2.75) is 19.0 Å². The number of rotatable bonds is 6. The molecule has 1 aliphatic heterocycles. The van der Waals surface area contributed by atoms with Crippen LogP contribution in [0.3, 0.4) is 0 Å². The van der Waals surface area contributed by atoms with Crippen molar-refractivity contribution < 1.29 is 13.6 Å². The molecule has 1 fully saturated rings. The quantitative estimate of drug-likeness (QED) is 0.640. The summed E-state index contributed by atoms with van der Waals surface area (Å²) < 4.78 is 20.1.